The Bertz CT molecular complexity index is 683. The van der Waals surface area contributed by atoms with E-state index in [9.17, 15) is 0 Å². The Labute approximate surface area is 140 Å². The number of fused-ring (bicyclic) bond motifs is 1. The highest BCUT2D eigenvalue weighted by molar-refractivity contribution is 6.36. The number of hydrogen-bond acceptors (Lipinski definition) is 3. The molecule has 0 unspecified atom stereocenters. The van der Waals surface area contributed by atoms with Gasteiger partial charge in [-0.25, -0.2) is 0 Å². The summed E-state index contributed by atoms with van der Waals surface area (Å²) in [6.07, 6.45) is 0.925. The number of halogens is 2. The number of hydrogen-bond donors (Lipinski definition) is 1. The predicted molar refractivity (Wildman–Crippen MR) is 89.6 cm³/mol. The Kier molecular flexibility index (Phi) is 4.48. The summed E-state index contributed by atoms with van der Waals surface area (Å²) in [5, 5.41) is 4.82. The maximum atomic E-state index is 6.38. The van der Waals surface area contributed by atoms with Gasteiger partial charge >= 0.3 is 0 Å². The second-order valence-corrected chi connectivity index (χ2v) is 5.99. The molecule has 1 aliphatic heterocycles. The number of rotatable bonds is 3. The van der Waals surface area contributed by atoms with Crippen LogP contribution in [0.1, 0.15) is 22.7 Å². The molecule has 5 heteroatoms. The molecule has 22 heavy (non-hydrogen) atoms. The first-order chi connectivity index (χ1) is 10.7. The average molecular weight is 338 g/mol. The lowest BCUT2D eigenvalue weighted by Crippen LogP contribution is -2.31. The summed E-state index contributed by atoms with van der Waals surface area (Å²) in [5.41, 5.74) is 3.25. The standard InChI is InChI=1S/C17H17Cl2NO2/c1-21-14-8-10-6-7-20-17(11(10)9-15(14)22-2)16-12(18)4-3-5-13(16)19/h3-5,8-9,17,20H,6-7H2,1-2H3/t17-/m1/s1. The number of benzene rings is 2. The summed E-state index contributed by atoms with van der Waals surface area (Å²) in [6.45, 7) is 0.856. The molecule has 0 saturated carbocycles. The first-order valence-electron chi connectivity index (χ1n) is 7.07. The molecule has 1 N–H and O–H groups in total. The summed E-state index contributed by atoms with van der Waals surface area (Å²) in [6, 6.07) is 9.56. The molecule has 2 aromatic carbocycles. The molecule has 0 radical (unpaired) electrons. The van der Waals surface area contributed by atoms with E-state index in [0.717, 1.165) is 29.8 Å². The van der Waals surface area contributed by atoms with Crippen LogP contribution in [0.2, 0.25) is 10.0 Å². The van der Waals surface area contributed by atoms with Crippen LogP contribution in [0.5, 0.6) is 11.5 Å². The zero-order valence-electron chi connectivity index (χ0n) is 12.5. The molecule has 1 heterocycles. The third-order valence-electron chi connectivity index (χ3n) is 3.99. The van der Waals surface area contributed by atoms with Gasteiger partial charge in [-0.15, -0.1) is 0 Å². The first kappa shape index (κ1) is 15.5. The Morgan fingerprint density at radius 1 is 1.05 bits per heavy atom. The zero-order valence-corrected chi connectivity index (χ0v) is 14.0. The van der Waals surface area contributed by atoms with Crippen molar-refractivity contribution in [2.24, 2.45) is 0 Å². The van der Waals surface area contributed by atoms with E-state index >= 15 is 0 Å². The normalized spacial score (nSPS) is 17.0. The van der Waals surface area contributed by atoms with Crippen LogP contribution < -0.4 is 14.8 Å². The lowest BCUT2D eigenvalue weighted by Gasteiger charge is -2.29. The van der Waals surface area contributed by atoms with E-state index in [2.05, 4.69) is 5.32 Å². The maximum absolute atomic E-state index is 6.38. The molecular weight excluding hydrogens is 321 g/mol. The number of methoxy groups -OCH3 is 2. The smallest absolute Gasteiger partial charge is 0.161 e. The highest BCUT2D eigenvalue weighted by Crippen LogP contribution is 2.41. The Morgan fingerprint density at radius 3 is 2.32 bits per heavy atom. The van der Waals surface area contributed by atoms with Crippen molar-refractivity contribution in [1.29, 1.82) is 0 Å². The largest absolute Gasteiger partial charge is 0.493 e. The van der Waals surface area contributed by atoms with Gasteiger partial charge in [-0.1, -0.05) is 29.3 Å². The molecule has 3 rings (SSSR count). The van der Waals surface area contributed by atoms with Gasteiger partial charge in [-0.3, -0.25) is 0 Å². The molecular formula is C17H17Cl2NO2. The molecule has 1 aliphatic rings. The molecule has 0 saturated heterocycles. The van der Waals surface area contributed by atoms with E-state index in [1.54, 1.807) is 14.2 Å². The number of nitrogens with one attached hydrogen (secondary N) is 1. The van der Waals surface area contributed by atoms with Gasteiger partial charge in [-0.05, 0) is 41.8 Å². The van der Waals surface area contributed by atoms with Crippen LogP contribution in [0.25, 0.3) is 0 Å². The third kappa shape index (κ3) is 2.65. The SMILES string of the molecule is COc1cc2c(cc1OC)[C@H](c1c(Cl)cccc1Cl)NCC2. The molecule has 0 bridgehead atoms. The van der Waals surface area contributed by atoms with Gasteiger partial charge in [0, 0.05) is 22.2 Å². The fourth-order valence-electron chi connectivity index (χ4n) is 2.93. The zero-order chi connectivity index (χ0) is 15.7. The van der Waals surface area contributed by atoms with Crippen LogP contribution in [-0.2, 0) is 6.42 Å². The lowest BCUT2D eigenvalue weighted by molar-refractivity contribution is 0.353. The van der Waals surface area contributed by atoms with Crippen molar-refractivity contribution in [2.45, 2.75) is 12.5 Å². The van der Waals surface area contributed by atoms with Crippen LogP contribution in [0.15, 0.2) is 30.3 Å². The van der Waals surface area contributed by atoms with Gasteiger partial charge in [0.1, 0.15) is 0 Å². The monoisotopic (exact) mass is 337 g/mol. The quantitative estimate of drug-likeness (QED) is 0.908. The molecule has 0 spiro atoms. The van der Waals surface area contributed by atoms with E-state index in [4.69, 9.17) is 32.7 Å². The van der Waals surface area contributed by atoms with E-state index in [1.165, 1.54) is 5.56 Å². The molecule has 0 fully saturated rings. The third-order valence-corrected chi connectivity index (χ3v) is 4.65. The summed E-state index contributed by atoms with van der Waals surface area (Å²) in [4.78, 5) is 0. The summed E-state index contributed by atoms with van der Waals surface area (Å²) in [5.74, 6) is 1.45. The molecule has 0 amide bonds. The fraction of sp³-hybridized carbons (Fsp3) is 0.294. The van der Waals surface area contributed by atoms with E-state index in [0.29, 0.717) is 15.8 Å². The highest BCUT2D eigenvalue weighted by atomic mass is 35.5. The Hall–Kier alpha value is -1.42. The second kappa shape index (κ2) is 6.37. The van der Waals surface area contributed by atoms with Crippen molar-refractivity contribution < 1.29 is 9.47 Å². The lowest BCUT2D eigenvalue weighted by atomic mass is 9.89. The minimum Gasteiger partial charge on any atom is -0.493 e. The topological polar surface area (TPSA) is 30.5 Å². The van der Waals surface area contributed by atoms with Crippen molar-refractivity contribution >= 4 is 23.2 Å². The second-order valence-electron chi connectivity index (χ2n) is 5.18. The maximum Gasteiger partial charge on any atom is 0.161 e. The van der Waals surface area contributed by atoms with Crippen LogP contribution in [-0.4, -0.2) is 20.8 Å². The van der Waals surface area contributed by atoms with Crippen LogP contribution >= 0.6 is 23.2 Å². The predicted octanol–water partition coefficient (Wildman–Crippen LogP) is 4.25. The van der Waals surface area contributed by atoms with Crippen LogP contribution in [0.3, 0.4) is 0 Å². The van der Waals surface area contributed by atoms with Crippen molar-refractivity contribution in [3.8, 4) is 11.5 Å². The van der Waals surface area contributed by atoms with Gasteiger partial charge < -0.3 is 14.8 Å². The van der Waals surface area contributed by atoms with E-state index in [1.807, 2.05) is 30.3 Å². The molecule has 2 aromatic rings. The molecule has 0 aliphatic carbocycles. The highest BCUT2D eigenvalue weighted by Gasteiger charge is 2.27. The molecule has 0 aromatic heterocycles. The van der Waals surface area contributed by atoms with Crippen LogP contribution in [0, 0.1) is 0 Å². The molecule has 3 nitrogen and oxygen atoms in total. The van der Waals surface area contributed by atoms with Gasteiger partial charge in [0.05, 0.1) is 20.3 Å². The summed E-state index contributed by atoms with van der Waals surface area (Å²) < 4.78 is 10.8. The van der Waals surface area contributed by atoms with E-state index < -0.39 is 0 Å². The van der Waals surface area contributed by atoms with Crippen molar-refractivity contribution in [3.63, 3.8) is 0 Å². The fourth-order valence-corrected chi connectivity index (χ4v) is 3.54. The molecule has 116 valence electrons. The van der Waals surface area contributed by atoms with E-state index in [-0.39, 0.29) is 6.04 Å². The van der Waals surface area contributed by atoms with Crippen molar-refractivity contribution in [1.82, 2.24) is 5.32 Å². The van der Waals surface area contributed by atoms with Gasteiger partial charge in [0.15, 0.2) is 11.5 Å². The van der Waals surface area contributed by atoms with Crippen LogP contribution in [0.4, 0.5) is 0 Å². The van der Waals surface area contributed by atoms with Gasteiger partial charge in [0.25, 0.3) is 0 Å². The Morgan fingerprint density at radius 2 is 1.68 bits per heavy atom. The summed E-state index contributed by atoms with van der Waals surface area (Å²) >= 11 is 12.8. The first-order valence-corrected chi connectivity index (χ1v) is 7.83. The summed E-state index contributed by atoms with van der Waals surface area (Å²) in [7, 11) is 3.28. The van der Waals surface area contributed by atoms with Gasteiger partial charge in [-0.2, -0.15) is 0 Å². The number of ether oxygens (including phenoxy) is 2. The Balaban J connectivity index is 2.15. The minimum atomic E-state index is -0.0512. The van der Waals surface area contributed by atoms with Crippen molar-refractivity contribution in [2.75, 3.05) is 20.8 Å². The minimum absolute atomic E-state index is 0.0512. The average Bonchev–Trinajstić information content (AvgIpc) is 2.53. The van der Waals surface area contributed by atoms with Gasteiger partial charge in [0.2, 0.25) is 0 Å². The molecule has 1 atom stereocenters. The van der Waals surface area contributed by atoms with Crippen molar-refractivity contribution in [3.05, 3.63) is 57.1 Å².